The summed E-state index contributed by atoms with van der Waals surface area (Å²) in [5.74, 6) is -4.48. The van der Waals surface area contributed by atoms with E-state index in [-0.39, 0.29) is 35.5 Å². The summed E-state index contributed by atoms with van der Waals surface area (Å²) < 4.78 is 56.1. The van der Waals surface area contributed by atoms with Gasteiger partial charge in [-0.15, -0.1) is 0 Å². The molecule has 4 amide bonds. The van der Waals surface area contributed by atoms with Crippen LogP contribution in [0.3, 0.4) is 0 Å². The van der Waals surface area contributed by atoms with Crippen LogP contribution in [0, 0.1) is 5.82 Å². The molecule has 8 nitrogen and oxygen atoms in total. The number of amides is 4. The molecular weight excluding hydrogens is 484 g/mol. The van der Waals surface area contributed by atoms with Crippen LogP contribution in [0.15, 0.2) is 30.5 Å². The number of carbonyl (C=O) groups is 4. The van der Waals surface area contributed by atoms with E-state index in [0.717, 1.165) is 23.2 Å². The SMILES string of the molecule is O=C1CCC(N2Cc3c(ccc(C(=O)NC(c4ncccc4Cl)C(F)(F)F)c3F)C2=O)C(=O)N1. The standard InChI is InChI=1S/C21H15ClF4N4O4/c22-12-2-1-7-27-16(12)17(21(24,25)26)29-18(32)10-4-3-9-11(15(10)23)8-30(20(9)34)13-5-6-14(31)28-19(13)33/h1-4,7,13,17H,5-6,8H2,(H,29,32)(H,28,31,33). The van der Waals surface area contributed by atoms with Crippen LogP contribution >= 0.6 is 11.6 Å². The maximum absolute atomic E-state index is 15.2. The predicted octanol–water partition coefficient (Wildman–Crippen LogP) is 2.67. The number of carbonyl (C=O) groups excluding carboxylic acids is 4. The molecule has 34 heavy (non-hydrogen) atoms. The summed E-state index contributed by atoms with van der Waals surface area (Å²) in [6, 6.07) is 0.853. The summed E-state index contributed by atoms with van der Waals surface area (Å²) in [6.45, 7) is -0.387. The fourth-order valence-corrected chi connectivity index (χ4v) is 4.13. The van der Waals surface area contributed by atoms with Crippen LogP contribution in [0.25, 0.3) is 0 Å². The molecule has 0 saturated carbocycles. The second-order valence-electron chi connectivity index (χ2n) is 7.67. The van der Waals surface area contributed by atoms with Crippen LogP contribution in [0.2, 0.25) is 5.02 Å². The zero-order valence-corrected chi connectivity index (χ0v) is 17.8. The minimum Gasteiger partial charge on any atom is -0.335 e. The summed E-state index contributed by atoms with van der Waals surface area (Å²) in [5, 5.41) is 3.47. The van der Waals surface area contributed by atoms with Gasteiger partial charge in [-0.3, -0.25) is 29.5 Å². The van der Waals surface area contributed by atoms with E-state index in [1.54, 1.807) is 5.32 Å². The van der Waals surface area contributed by atoms with E-state index >= 15 is 4.39 Å². The number of nitrogens with zero attached hydrogens (tertiary/aromatic N) is 2. The van der Waals surface area contributed by atoms with Gasteiger partial charge in [0.1, 0.15) is 11.9 Å². The van der Waals surface area contributed by atoms with Gasteiger partial charge in [-0.1, -0.05) is 11.6 Å². The normalized spacial score (nSPS) is 19.0. The van der Waals surface area contributed by atoms with Crippen molar-refractivity contribution in [1.82, 2.24) is 20.5 Å². The average Bonchev–Trinajstić information content (AvgIpc) is 3.09. The maximum atomic E-state index is 15.2. The molecule has 2 atom stereocenters. The number of fused-ring (bicyclic) bond motifs is 1. The fraction of sp³-hybridized carbons (Fsp3) is 0.286. The van der Waals surface area contributed by atoms with Gasteiger partial charge in [0.05, 0.1) is 22.8 Å². The molecule has 1 aromatic heterocycles. The van der Waals surface area contributed by atoms with Crippen LogP contribution in [0.1, 0.15) is 50.9 Å². The van der Waals surface area contributed by atoms with E-state index in [9.17, 15) is 32.3 Å². The molecule has 2 aliphatic heterocycles. The predicted molar refractivity (Wildman–Crippen MR) is 108 cm³/mol. The van der Waals surface area contributed by atoms with Crippen molar-refractivity contribution in [2.75, 3.05) is 0 Å². The van der Waals surface area contributed by atoms with Crippen molar-refractivity contribution in [2.24, 2.45) is 0 Å². The topological polar surface area (TPSA) is 108 Å². The van der Waals surface area contributed by atoms with E-state index in [4.69, 9.17) is 11.6 Å². The minimum absolute atomic E-state index is 0.0123. The minimum atomic E-state index is -4.99. The molecule has 2 aliphatic rings. The summed E-state index contributed by atoms with van der Waals surface area (Å²) in [5.41, 5.74) is -1.75. The Bertz CT molecular complexity index is 1220. The molecule has 13 heteroatoms. The monoisotopic (exact) mass is 498 g/mol. The van der Waals surface area contributed by atoms with E-state index in [2.05, 4.69) is 10.3 Å². The van der Waals surface area contributed by atoms with Gasteiger partial charge in [-0.25, -0.2) is 4.39 Å². The Morgan fingerprint density at radius 1 is 1.24 bits per heavy atom. The number of piperidine rings is 1. The van der Waals surface area contributed by atoms with Crippen molar-refractivity contribution in [3.8, 4) is 0 Å². The number of halogens is 5. The highest BCUT2D eigenvalue weighted by Crippen LogP contribution is 2.36. The summed E-state index contributed by atoms with van der Waals surface area (Å²) in [4.78, 5) is 53.5. The fourth-order valence-electron chi connectivity index (χ4n) is 3.90. The number of benzene rings is 1. The maximum Gasteiger partial charge on any atom is 0.414 e. The first kappa shape index (κ1) is 23.6. The summed E-state index contributed by atoms with van der Waals surface area (Å²) in [7, 11) is 0. The molecule has 0 bridgehead atoms. The van der Waals surface area contributed by atoms with Gasteiger partial charge in [0.25, 0.3) is 11.8 Å². The Balaban J connectivity index is 1.61. The van der Waals surface area contributed by atoms with Crippen LogP contribution in [0.4, 0.5) is 17.6 Å². The van der Waals surface area contributed by atoms with Gasteiger partial charge in [0.2, 0.25) is 11.8 Å². The number of nitrogens with one attached hydrogen (secondary N) is 2. The molecular formula is C21H15ClF4N4O4. The van der Waals surface area contributed by atoms with Crippen molar-refractivity contribution in [3.63, 3.8) is 0 Å². The molecule has 1 saturated heterocycles. The van der Waals surface area contributed by atoms with Gasteiger partial charge < -0.3 is 10.2 Å². The molecule has 0 radical (unpaired) electrons. The third kappa shape index (κ3) is 4.20. The Hall–Kier alpha value is -3.54. The molecule has 178 valence electrons. The highest BCUT2D eigenvalue weighted by Gasteiger charge is 2.45. The highest BCUT2D eigenvalue weighted by atomic mass is 35.5. The van der Waals surface area contributed by atoms with Gasteiger partial charge in [0.15, 0.2) is 6.04 Å². The lowest BCUT2D eigenvalue weighted by Gasteiger charge is -2.29. The first-order valence-electron chi connectivity index (χ1n) is 9.93. The number of rotatable bonds is 4. The number of imide groups is 1. The lowest BCUT2D eigenvalue weighted by atomic mass is 10.0. The number of hydrogen-bond donors (Lipinski definition) is 2. The molecule has 2 unspecified atom stereocenters. The van der Waals surface area contributed by atoms with E-state index in [1.807, 2.05) is 0 Å². The molecule has 2 aromatic rings. The highest BCUT2D eigenvalue weighted by molar-refractivity contribution is 6.31. The van der Waals surface area contributed by atoms with Gasteiger partial charge >= 0.3 is 6.18 Å². The van der Waals surface area contributed by atoms with Gasteiger partial charge in [0, 0.05) is 23.7 Å². The molecule has 1 aromatic carbocycles. The zero-order chi connectivity index (χ0) is 24.8. The van der Waals surface area contributed by atoms with Crippen LogP contribution in [0.5, 0.6) is 0 Å². The lowest BCUT2D eigenvalue weighted by Crippen LogP contribution is -2.52. The Kier molecular flexibility index (Phi) is 6.02. The van der Waals surface area contributed by atoms with E-state index in [1.165, 1.54) is 12.1 Å². The van der Waals surface area contributed by atoms with Crippen molar-refractivity contribution in [3.05, 3.63) is 63.7 Å². The molecule has 1 fully saturated rings. The Labute approximate surface area is 194 Å². The third-order valence-corrected chi connectivity index (χ3v) is 5.88. The van der Waals surface area contributed by atoms with Crippen LogP contribution in [-0.4, -0.2) is 45.7 Å². The quantitative estimate of drug-likeness (QED) is 0.498. The number of aromatic nitrogens is 1. The van der Waals surface area contributed by atoms with Crippen molar-refractivity contribution < 1.29 is 36.7 Å². The second kappa shape index (κ2) is 8.67. The van der Waals surface area contributed by atoms with Crippen molar-refractivity contribution in [2.45, 2.75) is 37.6 Å². The number of pyridine rings is 1. The number of hydrogen-bond acceptors (Lipinski definition) is 5. The van der Waals surface area contributed by atoms with Gasteiger partial charge in [-0.2, -0.15) is 13.2 Å². The largest absolute Gasteiger partial charge is 0.414 e. The number of alkyl halides is 3. The molecule has 0 spiro atoms. The zero-order valence-electron chi connectivity index (χ0n) is 17.1. The smallest absolute Gasteiger partial charge is 0.335 e. The molecule has 0 aliphatic carbocycles. The molecule has 4 rings (SSSR count). The first-order valence-corrected chi connectivity index (χ1v) is 10.3. The second-order valence-corrected chi connectivity index (χ2v) is 8.08. The van der Waals surface area contributed by atoms with Crippen molar-refractivity contribution >= 4 is 35.2 Å². The van der Waals surface area contributed by atoms with E-state index in [0.29, 0.717) is 0 Å². The summed E-state index contributed by atoms with van der Waals surface area (Å²) in [6.07, 6.45) is -3.89. The molecule has 2 N–H and O–H groups in total. The average molecular weight is 499 g/mol. The molecule has 3 heterocycles. The third-order valence-electron chi connectivity index (χ3n) is 5.56. The lowest BCUT2D eigenvalue weighted by molar-refractivity contribution is -0.156. The Morgan fingerprint density at radius 2 is 1.97 bits per heavy atom. The van der Waals surface area contributed by atoms with Crippen LogP contribution in [-0.2, 0) is 16.1 Å². The van der Waals surface area contributed by atoms with Crippen molar-refractivity contribution in [1.29, 1.82) is 0 Å². The van der Waals surface area contributed by atoms with Crippen LogP contribution < -0.4 is 10.6 Å². The first-order chi connectivity index (χ1) is 16.0. The Morgan fingerprint density at radius 3 is 2.62 bits per heavy atom. The summed E-state index contributed by atoms with van der Waals surface area (Å²) >= 11 is 5.80. The van der Waals surface area contributed by atoms with Gasteiger partial charge in [-0.05, 0) is 30.7 Å². The van der Waals surface area contributed by atoms with E-state index < -0.39 is 59.0 Å².